The van der Waals surface area contributed by atoms with Crippen LogP contribution in [0.3, 0.4) is 0 Å². The molecular formula is C13H20N2O3. The average molecular weight is 252 g/mol. The minimum Gasteiger partial charge on any atom is -0.466 e. The highest BCUT2D eigenvalue weighted by molar-refractivity contribution is 5.74. The average Bonchev–Trinajstić information content (AvgIpc) is 2.29. The van der Waals surface area contributed by atoms with Crippen LogP contribution in [0.25, 0.3) is 0 Å². The summed E-state index contributed by atoms with van der Waals surface area (Å²) in [6.45, 7) is 7.34. The molecule has 5 heteroatoms. The standard InChI is InChI=1S/C13H20N2O3/c1-5-18-12(16)11(9(2)3)13(4,17)10-8-14-6-7-15-10/h6-9,11,17H,5H2,1-4H3. The third-order valence-electron chi connectivity index (χ3n) is 2.89. The molecule has 0 saturated heterocycles. The number of rotatable bonds is 5. The lowest BCUT2D eigenvalue weighted by molar-refractivity contribution is -0.161. The Balaban J connectivity index is 3.08. The fraction of sp³-hybridized carbons (Fsp3) is 0.615. The summed E-state index contributed by atoms with van der Waals surface area (Å²) in [7, 11) is 0. The topological polar surface area (TPSA) is 72.3 Å². The Labute approximate surface area is 107 Å². The molecule has 0 aromatic carbocycles. The van der Waals surface area contributed by atoms with Gasteiger partial charge in [-0.05, 0) is 19.8 Å². The number of aliphatic hydroxyl groups is 1. The predicted molar refractivity (Wildman–Crippen MR) is 66.6 cm³/mol. The molecule has 0 aliphatic rings. The minimum absolute atomic E-state index is 0.0685. The normalized spacial score (nSPS) is 16.1. The van der Waals surface area contributed by atoms with Crippen molar-refractivity contribution in [3.63, 3.8) is 0 Å². The molecule has 1 N–H and O–H groups in total. The van der Waals surface area contributed by atoms with Gasteiger partial charge in [0.25, 0.3) is 0 Å². The van der Waals surface area contributed by atoms with Crippen molar-refractivity contribution in [3.05, 3.63) is 24.3 Å². The minimum atomic E-state index is -1.39. The van der Waals surface area contributed by atoms with E-state index in [1.54, 1.807) is 13.8 Å². The first-order valence-corrected chi connectivity index (χ1v) is 6.06. The van der Waals surface area contributed by atoms with Crippen LogP contribution in [0.5, 0.6) is 0 Å². The highest BCUT2D eigenvalue weighted by atomic mass is 16.5. The molecule has 1 aromatic rings. The second-order valence-electron chi connectivity index (χ2n) is 4.71. The number of aromatic nitrogens is 2. The second kappa shape index (κ2) is 5.91. The summed E-state index contributed by atoms with van der Waals surface area (Å²) >= 11 is 0. The van der Waals surface area contributed by atoms with E-state index >= 15 is 0 Å². The van der Waals surface area contributed by atoms with Crippen molar-refractivity contribution in [2.75, 3.05) is 6.61 Å². The largest absolute Gasteiger partial charge is 0.466 e. The lowest BCUT2D eigenvalue weighted by Crippen LogP contribution is -2.42. The molecule has 2 unspecified atom stereocenters. The molecule has 0 aliphatic heterocycles. The zero-order valence-corrected chi connectivity index (χ0v) is 11.3. The molecule has 0 spiro atoms. The summed E-state index contributed by atoms with van der Waals surface area (Å²) in [5, 5.41) is 10.6. The number of hydrogen-bond acceptors (Lipinski definition) is 5. The van der Waals surface area contributed by atoms with Crippen molar-refractivity contribution in [1.29, 1.82) is 0 Å². The number of esters is 1. The highest BCUT2D eigenvalue weighted by Gasteiger charge is 2.43. The molecule has 0 aliphatic carbocycles. The lowest BCUT2D eigenvalue weighted by atomic mass is 9.79. The van der Waals surface area contributed by atoms with Crippen LogP contribution in [0, 0.1) is 11.8 Å². The van der Waals surface area contributed by atoms with E-state index < -0.39 is 17.5 Å². The highest BCUT2D eigenvalue weighted by Crippen LogP contribution is 2.33. The molecule has 5 nitrogen and oxygen atoms in total. The molecule has 0 fully saturated rings. The zero-order valence-electron chi connectivity index (χ0n) is 11.3. The van der Waals surface area contributed by atoms with E-state index in [4.69, 9.17) is 4.74 Å². The Morgan fingerprint density at radius 2 is 2.17 bits per heavy atom. The molecule has 1 aromatic heterocycles. The SMILES string of the molecule is CCOC(=O)C(C(C)C)C(C)(O)c1cnccn1. The maximum Gasteiger partial charge on any atom is 0.312 e. The van der Waals surface area contributed by atoms with Gasteiger partial charge >= 0.3 is 5.97 Å². The first-order valence-electron chi connectivity index (χ1n) is 6.06. The first-order chi connectivity index (χ1) is 8.41. The maximum atomic E-state index is 12.0. The monoisotopic (exact) mass is 252 g/mol. The number of ether oxygens (including phenoxy) is 1. The van der Waals surface area contributed by atoms with Crippen LogP contribution in [0.1, 0.15) is 33.4 Å². The van der Waals surface area contributed by atoms with E-state index in [9.17, 15) is 9.90 Å². The molecule has 100 valence electrons. The van der Waals surface area contributed by atoms with Gasteiger partial charge in [0.2, 0.25) is 0 Å². The van der Waals surface area contributed by atoms with E-state index in [-0.39, 0.29) is 5.92 Å². The number of nitrogens with zero attached hydrogens (tertiary/aromatic N) is 2. The molecule has 0 bridgehead atoms. The van der Waals surface area contributed by atoms with E-state index in [0.717, 1.165) is 0 Å². The summed E-state index contributed by atoms with van der Waals surface area (Å²) in [5.74, 6) is -1.15. The summed E-state index contributed by atoms with van der Waals surface area (Å²) in [6, 6.07) is 0. The van der Waals surface area contributed by atoms with Crippen molar-refractivity contribution in [3.8, 4) is 0 Å². The van der Waals surface area contributed by atoms with E-state index in [2.05, 4.69) is 9.97 Å². The Morgan fingerprint density at radius 3 is 2.61 bits per heavy atom. The van der Waals surface area contributed by atoms with Crippen LogP contribution in [0.15, 0.2) is 18.6 Å². The van der Waals surface area contributed by atoms with Crippen molar-refractivity contribution >= 4 is 5.97 Å². The molecule has 0 amide bonds. The van der Waals surface area contributed by atoms with Crippen LogP contribution < -0.4 is 0 Å². The Bertz CT molecular complexity index is 390. The van der Waals surface area contributed by atoms with Crippen molar-refractivity contribution < 1.29 is 14.6 Å². The van der Waals surface area contributed by atoms with Crippen LogP contribution in [-0.2, 0) is 15.1 Å². The molecular weight excluding hydrogens is 232 g/mol. The lowest BCUT2D eigenvalue weighted by Gasteiger charge is -2.33. The van der Waals surface area contributed by atoms with Gasteiger partial charge in [0.1, 0.15) is 5.60 Å². The van der Waals surface area contributed by atoms with Crippen molar-refractivity contribution in [2.45, 2.75) is 33.3 Å². The van der Waals surface area contributed by atoms with Gasteiger partial charge in [0, 0.05) is 12.4 Å². The Hall–Kier alpha value is -1.49. The molecule has 18 heavy (non-hydrogen) atoms. The van der Waals surface area contributed by atoms with Gasteiger partial charge in [0.05, 0.1) is 24.4 Å². The van der Waals surface area contributed by atoms with Crippen molar-refractivity contribution in [1.82, 2.24) is 9.97 Å². The smallest absolute Gasteiger partial charge is 0.312 e. The maximum absolute atomic E-state index is 12.0. The van der Waals surface area contributed by atoms with Gasteiger partial charge in [-0.1, -0.05) is 13.8 Å². The Kier molecular flexibility index (Phi) is 4.78. The van der Waals surface area contributed by atoms with Gasteiger partial charge in [-0.25, -0.2) is 0 Å². The third kappa shape index (κ3) is 3.04. The number of carbonyl (C=O) groups excluding carboxylic acids is 1. The van der Waals surface area contributed by atoms with Crippen LogP contribution in [-0.4, -0.2) is 27.7 Å². The summed E-state index contributed by atoms with van der Waals surface area (Å²) < 4.78 is 5.03. The number of hydrogen-bond donors (Lipinski definition) is 1. The molecule has 2 atom stereocenters. The van der Waals surface area contributed by atoms with Gasteiger partial charge < -0.3 is 9.84 Å². The number of carbonyl (C=O) groups is 1. The van der Waals surface area contributed by atoms with E-state index in [0.29, 0.717) is 12.3 Å². The van der Waals surface area contributed by atoms with E-state index in [1.165, 1.54) is 18.6 Å². The quantitative estimate of drug-likeness (QED) is 0.804. The van der Waals surface area contributed by atoms with Crippen LogP contribution >= 0.6 is 0 Å². The van der Waals surface area contributed by atoms with E-state index in [1.807, 2.05) is 13.8 Å². The second-order valence-corrected chi connectivity index (χ2v) is 4.71. The molecule has 0 radical (unpaired) electrons. The summed E-state index contributed by atoms with van der Waals surface area (Å²) in [6.07, 6.45) is 4.48. The zero-order chi connectivity index (χ0) is 13.8. The summed E-state index contributed by atoms with van der Waals surface area (Å²) in [4.78, 5) is 20.0. The predicted octanol–water partition coefficient (Wildman–Crippen LogP) is 1.52. The Morgan fingerprint density at radius 1 is 1.50 bits per heavy atom. The van der Waals surface area contributed by atoms with Gasteiger partial charge in [-0.15, -0.1) is 0 Å². The fourth-order valence-corrected chi connectivity index (χ4v) is 2.10. The summed E-state index contributed by atoms with van der Waals surface area (Å²) in [5.41, 5.74) is -1.02. The van der Waals surface area contributed by atoms with Crippen LogP contribution in [0.2, 0.25) is 0 Å². The molecule has 0 saturated carbocycles. The fourth-order valence-electron chi connectivity index (χ4n) is 2.10. The van der Waals surface area contributed by atoms with Gasteiger partial charge in [0.15, 0.2) is 0 Å². The van der Waals surface area contributed by atoms with Crippen molar-refractivity contribution in [2.24, 2.45) is 11.8 Å². The first kappa shape index (κ1) is 14.6. The third-order valence-corrected chi connectivity index (χ3v) is 2.89. The van der Waals surface area contributed by atoms with Gasteiger partial charge in [-0.3, -0.25) is 14.8 Å². The molecule has 1 rings (SSSR count). The van der Waals surface area contributed by atoms with Crippen LogP contribution in [0.4, 0.5) is 0 Å². The van der Waals surface area contributed by atoms with Gasteiger partial charge in [-0.2, -0.15) is 0 Å². The molecule has 1 heterocycles.